The van der Waals surface area contributed by atoms with E-state index in [0.29, 0.717) is 37.4 Å². The van der Waals surface area contributed by atoms with Crippen LogP contribution in [0.1, 0.15) is 11.3 Å². The Morgan fingerprint density at radius 3 is 2.28 bits per heavy atom. The minimum atomic E-state index is -0.563. The third-order valence-electron chi connectivity index (χ3n) is 5.52. The maximum Gasteiger partial charge on any atom is 0.260 e. The summed E-state index contributed by atoms with van der Waals surface area (Å²) in [6, 6.07) is 3.75. The highest BCUT2D eigenvalue weighted by Gasteiger charge is 2.26. The van der Waals surface area contributed by atoms with Crippen molar-refractivity contribution in [2.45, 2.75) is 13.8 Å². The summed E-state index contributed by atoms with van der Waals surface area (Å²) in [6.45, 7) is 5.36. The number of benzene rings is 1. The quantitative estimate of drug-likeness (QED) is 0.660. The molecule has 0 saturated carbocycles. The van der Waals surface area contributed by atoms with Gasteiger partial charge in [-0.3, -0.25) is 14.3 Å². The van der Waals surface area contributed by atoms with Crippen LogP contribution in [-0.2, 0) is 7.05 Å². The van der Waals surface area contributed by atoms with Gasteiger partial charge in [-0.15, -0.1) is 0 Å². The summed E-state index contributed by atoms with van der Waals surface area (Å²) < 4.78 is 44.0. The number of hydrogen-bond donors (Lipinski definition) is 0. The molecule has 4 rings (SSSR count). The third kappa shape index (κ3) is 3.22. The van der Waals surface area contributed by atoms with Crippen molar-refractivity contribution >= 4 is 22.3 Å². The second-order valence-electron chi connectivity index (χ2n) is 7.38. The normalized spacial score (nSPS) is 14.7. The summed E-state index contributed by atoms with van der Waals surface area (Å²) in [5.41, 5.74) is 1.38. The maximum absolute atomic E-state index is 15.4. The van der Waals surface area contributed by atoms with Gasteiger partial charge in [0.25, 0.3) is 5.56 Å². The van der Waals surface area contributed by atoms with Gasteiger partial charge in [0.1, 0.15) is 17.5 Å². The summed E-state index contributed by atoms with van der Waals surface area (Å²) in [5, 5.41) is 0.184. The molecule has 0 bridgehead atoms. The number of piperazine rings is 1. The molecule has 8 heteroatoms. The number of aromatic nitrogens is 2. The lowest BCUT2D eigenvalue weighted by Gasteiger charge is -2.38. The number of hydrogen-bond acceptors (Lipinski definition) is 4. The Labute approximate surface area is 166 Å². The van der Waals surface area contributed by atoms with Gasteiger partial charge >= 0.3 is 0 Å². The highest BCUT2D eigenvalue weighted by atomic mass is 19.1. The molecule has 152 valence electrons. The van der Waals surface area contributed by atoms with E-state index < -0.39 is 23.0 Å². The average molecular weight is 402 g/mol. The monoisotopic (exact) mass is 402 g/mol. The van der Waals surface area contributed by atoms with E-state index in [1.54, 1.807) is 11.8 Å². The van der Waals surface area contributed by atoms with Gasteiger partial charge < -0.3 is 9.80 Å². The molecule has 0 aliphatic carbocycles. The van der Waals surface area contributed by atoms with E-state index in [9.17, 15) is 13.6 Å². The van der Waals surface area contributed by atoms with Gasteiger partial charge in [0, 0.05) is 44.7 Å². The van der Waals surface area contributed by atoms with Crippen molar-refractivity contribution in [1.29, 1.82) is 0 Å². The highest BCUT2D eigenvalue weighted by Crippen LogP contribution is 2.29. The lowest BCUT2D eigenvalue weighted by Crippen LogP contribution is -2.48. The molecule has 3 heterocycles. The van der Waals surface area contributed by atoms with Crippen LogP contribution in [0.4, 0.5) is 24.7 Å². The van der Waals surface area contributed by atoms with Crippen LogP contribution in [0.2, 0.25) is 0 Å². The molecule has 3 aromatic rings. The zero-order valence-corrected chi connectivity index (χ0v) is 16.5. The van der Waals surface area contributed by atoms with Crippen LogP contribution < -0.4 is 15.4 Å². The first-order chi connectivity index (χ1) is 13.8. The van der Waals surface area contributed by atoms with Gasteiger partial charge in [-0.25, -0.2) is 13.2 Å². The SMILES string of the molecule is Cc1ncc(F)cc1N1CCN(c2c(F)c3c(C)cc(F)cc3c(=O)n2C)CC1. The summed E-state index contributed by atoms with van der Waals surface area (Å²) in [7, 11) is 1.49. The summed E-state index contributed by atoms with van der Waals surface area (Å²) >= 11 is 0. The zero-order chi connectivity index (χ0) is 20.9. The molecule has 1 aliphatic rings. The zero-order valence-electron chi connectivity index (χ0n) is 16.5. The Balaban J connectivity index is 1.70. The number of nitrogens with zero attached hydrogens (tertiary/aromatic N) is 4. The Morgan fingerprint density at radius 2 is 1.59 bits per heavy atom. The van der Waals surface area contributed by atoms with Crippen LogP contribution in [0.3, 0.4) is 0 Å². The number of fused-ring (bicyclic) bond motifs is 1. The van der Waals surface area contributed by atoms with Crippen molar-refractivity contribution in [3.63, 3.8) is 0 Å². The molecule has 0 atom stereocenters. The molecule has 0 unspecified atom stereocenters. The van der Waals surface area contributed by atoms with E-state index in [1.807, 2.05) is 11.8 Å². The molecule has 0 N–H and O–H groups in total. The van der Waals surface area contributed by atoms with Crippen LogP contribution in [0, 0.1) is 31.3 Å². The van der Waals surface area contributed by atoms with E-state index in [1.165, 1.54) is 29.9 Å². The largest absolute Gasteiger partial charge is 0.366 e. The lowest BCUT2D eigenvalue weighted by molar-refractivity contribution is 0.574. The molecular formula is C21H21F3N4O. The molecule has 1 aliphatic heterocycles. The van der Waals surface area contributed by atoms with Gasteiger partial charge in [0.2, 0.25) is 0 Å². The standard InChI is InChI=1S/C21H21F3N4O/c1-12-8-14(22)9-16-18(12)19(24)20(26(3)21(16)29)28-6-4-27(5-7-28)17-10-15(23)11-25-13(17)2/h8-11H,4-7H2,1-3H3. The maximum atomic E-state index is 15.4. The molecule has 0 amide bonds. The van der Waals surface area contributed by atoms with Crippen LogP contribution in [0.25, 0.3) is 10.8 Å². The van der Waals surface area contributed by atoms with Crippen LogP contribution in [0.15, 0.2) is 29.2 Å². The van der Waals surface area contributed by atoms with Gasteiger partial charge in [0.05, 0.1) is 23.0 Å². The second kappa shape index (κ2) is 7.09. The molecule has 1 aromatic carbocycles. The molecule has 2 aromatic heterocycles. The van der Waals surface area contributed by atoms with Crippen molar-refractivity contribution in [3.8, 4) is 0 Å². The minimum absolute atomic E-state index is 0.0337. The molecular weight excluding hydrogens is 381 g/mol. The van der Waals surface area contributed by atoms with Crippen molar-refractivity contribution in [1.82, 2.24) is 9.55 Å². The van der Waals surface area contributed by atoms with Gasteiger partial charge in [0.15, 0.2) is 5.82 Å². The van der Waals surface area contributed by atoms with Gasteiger partial charge in [-0.1, -0.05) is 0 Å². The summed E-state index contributed by atoms with van der Waals surface area (Å²) in [5.74, 6) is -1.31. The van der Waals surface area contributed by atoms with Crippen molar-refractivity contribution in [3.05, 3.63) is 63.5 Å². The Morgan fingerprint density at radius 1 is 0.931 bits per heavy atom. The highest BCUT2D eigenvalue weighted by molar-refractivity contribution is 5.88. The fraction of sp³-hybridized carbons (Fsp3) is 0.333. The summed E-state index contributed by atoms with van der Waals surface area (Å²) in [6.07, 6.45) is 1.18. The smallest absolute Gasteiger partial charge is 0.260 e. The van der Waals surface area contributed by atoms with E-state index >= 15 is 4.39 Å². The van der Waals surface area contributed by atoms with Gasteiger partial charge in [-0.05, 0) is 31.5 Å². The molecule has 29 heavy (non-hydrogen) atoms. The van der Waals surface area contributed by atoms with Crippen molar-refractivity contribution in [2.24, 2.45) is 7.05 Å². The van der Waals surface area contributed by atoms with Crippen LogP contribution in [0.5, 0.6) is 0 Å². The topological polar surface area (TPSA) is 41.4 Å². The number of pyridine rings is 2. The van der Waals surface area contributed by atoms with E-state index in [-0.39, 0.29) is 16.6 Å². The summed E-state index contributed by atoms with van der Waals surface area (Å²) in [4.78, 5) is 20.6. The Kier molecular flexibility index (Phi) is 4.72. The fourth-order valence-electron chi connectivity index (χ4n) is 4.07. The molecule has 0 radical (unpaired) electrons. The predicted octanol–water partition coefficient (Wildman–Crippen LogP) is 3.29. The van der Waals surface area contributed by atoms with E-state index in [2.05, 4.69) is 4.98 Å². The Bertz CT molecular complexity index is 1170. The molecule has 0 spiro atoms. The fourth-order valence-corrected chi connectivity index (χ4v) is 4.07. The van der Waals surface area contributed by atoms with Gasteiger partial charge in [-0.2, -0.15) is 0 Å². The predicted molar refractivity (Wildman–Crippen MR) is 107 cm³/mol. The average Bonchev–Trinajstić information content (AvgIpc) is 2.68. The lowest BCUT2D eigenvalue weighted by atomic mass is 10.1. The molecule has 5 nitrogen and oxygen atoms in total. The molecule has 1 fully saturated rings. The number of halogens is 3. The minimum Gasteiger partial charge on any atom is -0.366 e. The van der Waals surface area contributed by atoms with Crippen molar-refractivity contribution < 1.29 is 13.2 Å². The van der Waals surface area contributed by atoms with Crippen LogP contribution >= 0.6 is 0 Å². The first-order valence-corrected chi connectivity index (χ1v) is 9.38. The van der Waals surface area contributed by atoms with Crippen molar-refractivity contribution in [2.75, 3.05) is 36.0 Å². The number of aryl methyl sites for hydroxylation is 2. The third-order valence-corrected chi connectivity index (χ3v) is 5.52. The number of anilines is 2. The van der Waals surface area contributed by atoms with E-state index in [4.69, 9.17) is 0 Å². The van der Waals surface area contributed by atoms with E-state index in [0.717, 1.165) is 11.8 Å². The number of rotatable bonds is 2. The van der Waals surface area contributed by atoms with Crippen LogP contribution in [-0.4, -0.2) is 35.7 Å². The molecule has 1 saturated heterocycles. The first-order valence-electron chi connectivity index (χ1n) is 9.38. The second-order valence-corrected chi connectivity index (χ2v) is 7.38. The Hall–Kier alpha value is -3.03. The first kappa shape index (κ1) is 19.3.